The number of carbonyl (C=O) groups excluding carboxylic acids is 1. The fourth-order valence-corrected chi connectivity index (χ4v) is 1.30. The van der Waals surface area contributed by atoms with Crippen LogP contribution in [0.25, 0.3) is 0 Å². The highest BCUT2D eigenvalue weighted by Gasteiger charge is 2.18. The van der Waals surface area contributed by atoms with E-state index < -0.39 is 0 Å². The molecule has 0 aliphatic carbocycles. The van der Waals surface area contributed by atoms with Crippen LogP contribution < -0.4 is 0 Å². The zero-order valence-electron chi connectivity index (χ0n) is 8.43. The summed E-state index contributed by atoms with van der Waals surface area (Å²) in [4.78, 5) is 10.7. The van der Waals surface area contributed by atoms with Gasteiger partial charge in [0.25, 0.3) is 0 Å². The highest BCUT2D eigenvalue weighted by atomic mass is 16.5. The molecule has 2 nitrogen and oxygen atoms in total. The lowest BCUT2D eigenvalue weighted by molar-refractivity contribution is -0.153. The van der Waals surface area contributed by atoms with Gasteiger partial charge >= 0.3 is 5.97 Å². The lowest BCUT2D eigenvalue weighted by Gasteiger charge is -2.21. The van der Waals surface area contributed by atoms with Crippen LogP contribution in [-0.2, 0) is 9.53 Å². The van der Waals surface area contributed by atoms with Crippen LogP contribution in [0.4, 0.5) is 0 Å². The molecule has 0 aromatic heterocycles. The number of ether oxygens (including phenoxy) is 1. The zero-order chi connectivity index (χ0) is 9.40. The number of rotatable bonds is 2. The second-order valence-corrected chi connectivity index (χ2v) is 2.79. The van der Waals surface area contributed by atoms with Crippen LogP contribution in [0.5, 0.6) is 0 Å². The third kappa shape index (κ3) is 4.37. The van der Waals surface area contributed by atoms with E-state index in [1.807, 2.05) is 13.8 Å². The Bertz CT molecular complexity index is 119. The molecule has 12 heavy (non-hydrogen) atoms. The Labute approximate surface area is 75.3 Å². The van der Waals surface area contributed by atoms with Gasteiger partial charge in [0, 0.05) is 6.42 Å². The van der Waals surface area contributed by atoms with E-state index in [4.69, 9.17) is 4.74 Å². The van der Waals surface area contributed by atoms with Gasteiger partial charge in [-0.15, -0.1) is 0 Å². The van der Waals surface area contributed by atoms with E-state index in [1.54, 1.807) is 0 Å². The molecule has 0 N–H and O–H groups in total. The first-order valence-electron chi connectivity index (χ1n) is 5.02. The third-order valence-corrected chi connectivity index (χ3v) is 1.82. The van der Waals surface area contributed by atoms with Crippen molar-refractivity contribution in [3.05, 3.63) is 0 Å². The van der Waals surface area contributed by atoms with Crippen LogP contribution >= 0.6 is 0 Å². The summed E-state index contributed by atoms with van der Waals surface area (Å²) >= 11 is 0. The van der Waals surface area contributed by atoms with Gasteiger partial charge in [0.2, 0.25) is 0 Å². The quantitative estimate of drug-likeness (QED) is 0.599. The van der Waals surface area contributed by atoms with Gasteiger partial charge in [-0.3, -0.25) is 4.79 Å². The Kier molecular flexibility index (Phi) is 6.82. The maximum Gasteiger partial charge on any atom is 0.306 e. The summed E-state index contributed by atoms with van der Waals surface area (Å²) in [5.41, 5.74) is 0. The topological polar surface area (TPSA) is 26.3 Å². The highest BCUT2D eigenvalue weighted by molar-refractivity contribution is 5.70. The van der Waals surface area contributed by atoms with Crippen molar-refractivity contribution >= 4 is 5.97 Å². The van der Waals surface area contributed by atoms with Crippen LogP contribution in [0, 0.1) is 0 Å². The minimum Gasteiger partial charge on any atom is -0.462 e. The molecule has 1 atom stereocenters. The molecule has 0 radical (unpaired) electrons. The maximum atomic E-state index is 10.7. The van der Waals surface area contributed by atoms with E-state index in [-0.39, 0.29) is 12.1 Å². The predicted octanol–water partition coefficient (Wildman–Crippen LogP) is 2.91. The Hall–Kier alpha value is -0.530. The van der Waals surface area contributed by atoms with E-state index >= 15 is 0 Å². The van der Waals surface area contributed by atoms with Crippen molar-refractivity contribution in [3.63, 3.8) is 0 Å². The molecule has 1 aliphatic heterocycles. The second-order valence-electron chi connectivity index (χ2n) is 2.79. The number of esters is 1. The summed E-state index contributed by atoms with van der Waals surface area (Å²) in [6.45, 7) is 6.11. The normalized spacial score (nSPS) is 22.2. The van der Waals surface area contributed by atoms with Gasteiger partial charge in [0.05, 0.1) is 0 Å². The summed E-state index contributed by atoms with van der Waals surface area (Å²) in [5, 5.41) is 0. The first-order valence-corrected chi connectivity index (χ1v) is 5.02. The van der Waals surface area contributed by atoms with Gasteiger partial charge in [0.1, 0.15) is 6.10 Å². The molecule has 0 spiro atoms. The summed E-state index contributed by atoms with van der Waals surface area (Å²) in [6.07, 6.45) is 5.08. The van der Waals surface area contributed by atoms with Gasteiger partial charge in [-0.25, -0.2) is 0 Å². The Morgan fingerprint density at radius 2 is 2.17 bits per heavy atom. The van der Waals surface area contributed by atoms with Crippen LogP contribution in [0.15, 0.2) is 0 Å². The van der Waals surface area contributed by atoms with Crippen LogP contribution in [0.1, 0.15) is 52.9 Å². The average Bonchev–Trinajstić information content (AvgIpc) is 2.09. The van der Waals surface area contributed by atoms with Crippen LogP contribution in [-0.4, -0.2) is 12.1 Å². The van der Waals surface area contributed by atoms with Gasteiger partial charge in [0.15, 0.2) is 0 Å². The molecular weight excluding hydrogens is 152 g/mol. The number of hydrogen-bond acceptors (Lipinski definition) is 2. The molecule has 1 aliphatic rings. The molecule has 1 heterocycles. The van der Waals surface area contributed by atoms with Crippen LogP contribution in [0.3, 0.4) is 0 Å². The van der Waals surface area contributed by atoms with Crippen molar-refractivity contribution in [2.75, 3.05) is 0 Å². The van der Waals surface area contributed by atoms with Crippen LogP contribution in [0.2, 0.25) is 0 Å². The monoisotopic (exact) mass is 172 g/mol. The lowest BCUT2D eigenvalue weighted by Crippen LogP contribution is -2.22. The number of cyclic esters (lactones) is 1. The minimum absolute atomic E-state index is 0.00954. The zero-order valence-corrected chi connectivity index (χ0v) is 8.43. The molecule has 0 aromatic rings. The van der Waals surface area contributed by atoms with Crippen molar-refractivity contribution < 1.29 is 9.53 Å². The molecule has 0 unspecified atom stereocenters. The first-order chi connectivity index (χ1) is 5.83. The molecule has 72 valence electrons. The van der Waals surface area contributed by atoms with E-state index in [2.05, 4.69) is 6.92 Å². The number of hydrogen-bond donors (Lipinski definition) is 0. The average molecular weight is 172 g/mol. The Balaban J connectivity index is 0.000000561. The molecular formula is C10H20O2. The van der Waals surface area contributed by atoms with E-state index in [0.717, 1.165) is 25.7 Å². The van der Waals surface area contributed by atoms with E-state index in [9.17, 15) is 4.79 Å². The smallest absolute Gasteiger partial charge is 0.306 e. The summed E-state index contributed by atoms with van der Waals surface area (Å²) in [6, 6.07) is 0. The van der Waals surface area contributed by atoms with Gasteiger partial charge < -0.3 is 4.74 Å². The van der Waals surface area contributed by atoms with Crippen molar-refractivity contribution in [3.8, 4) is 0 Å². The van der Waals surface area contributed by atoms with E-state index in [0.29, 0.717) is 6.42 Å². The molecule has 0 amide bonds. The second kappa shape index (κ2) is 7.14. The predicted molar refractivity (Wildman–Crippen MR) is 50.0 cm³/mol. The standard InChI is InChI=1S/C8H14O2.C2H6/c1-2-4-7-5-3-6-8(9)10-7;1-2/h7H,2-6H2,1H3;1-2H3/t7-;/m0./s1. The third-order valence-electron chi connectivity index (χ3n) is 1.82. The number of carbonyl (C=O) groups is 1. The van der Waals surface area contributed by atoms with E-state index in [1.165, 1.54) is 0 Å². The molecule has 1 fully saturated rings. The summed E-state index contributed by atoms with van der Waals surface area (Å²) < 4.78 is 5.09. The molecule has 0 bridgehead atoms. The minimum atomic E-state index is -0.00954. The fraction of sp³-hybridized carbons (Fsp3) is 0.900. The lowest BCUT2D eigenvalue weighted by atomic mass is 10.1. The molecule has 1 saturated heterocycles. The molecule has 1 rings (SSSR count). The molecule has 2 heteroatoms. The molecule has 0 aromatic carbocycles. The molecule has 0 saturated carbocycles. The van der Waals surface area contributed by atoms with Crippen molar-refractivity contribution in [1.82, 2.24) is 0 Å². The van der Waals surface area contributed by atoms with Crippen molar-refractivity contribution in [2.45, 2.75) is 59.0 Å². The van der Waals surface area contributed by atoms with Crippen molar-refractivity contribution in [1.29, 1.82) is 0 Å². The summed E-state index contributed by atoms with van der Waals surface area (Å²) in [7, 11) is 0. The van der Waals surface area contributed by atoms with Gasteiger partial charge in [-0.2, -0.15) is 0 Å². The van der Waals surface area contributed by atoms with Gasteiger partial charge in [-0.05, 0) is 19.3 Å². The largest absolute Gasteiger partial charge is 0.462 e. The fourth-order valence-electron chi connectivity index (χ4n) is 1.30. The SMILES string of the molecule is CC.CCC[C@H]1CCCC(=O)O1. The summed E-state index contributed by atoms with van der Waals surface area (Å²) in [5.74, 6) is -0.00954. The highest BCUT2D eigenvalue weighted by Crippen LogP contribution is 2.17. The Morgan fingerprint density at radius 1 is 1.50 bits per heavy atom. The maximum absolute atomic E-state index is 10.7. The first kappa shape index (κ1) is 11.5. The van der Waals surface area contributed by atoms with Crippen molar-refractivity contribution in [2.24, 2.45) is 0 Å². The van der Waals surface area contributed by atoms with Gasteiger partial charge in [-0.1, -0.05) is 27.2 Å². The Morgan fingerprint density at radius 3 is 2.67 bits per heavy atom.